The molecule has 172 valence electrons. The predicted octanol–water partition coefficient (Wildman–Crippen LogP) is 4.73. The van der Waals surface area contributed by atoms with Crippen LogP contribution in [-0.4, -0.2) is 36.4 Å². The molecule has 0 atom stereocenters. The highest BCUT2D eigenvalue weighted by molar-refractivity contribution is 9.10. The third kappa shape index (κ3) is 5.90. The Morgan fingerprint density at radius 2 is 1.85 bits per heavy atom. The molecule has 0 aliphatic rings. The number of benzene rings is 2. The molecule has 0 spiro atoms. The number of aryl methyl sites for hydroxylation is 1. The van der Waals surface area contributed by atoms with E-state index in [0.717, 1.165) is 32.7 Å². The van der Waals surface area contributed by atoms with Crippen molar-refractivity contribution < 1.29 is 19.1 Å². The molecule has 0 aliphatic carbocycles. The summed E-state index contributed by atoms with van der Waals surface area (Å²) in [6, 6.07) is 15.0. The number of nitrogens with zero attached hydrogens (tertiary/aromatic N) is 2. The molecular weight excluding hydrogens is 486 g/mol. The minimum absolute atomic E-state index is 0.236. The second-order valence-corrected chi connectivity index (χ2v) is 8.27. The number of hydrogen-bond acceptors (Lipinski definition) is 5. The first-order chi connectivity index (χ1) is 15.8. The van der Waals surface area contributed by atoms with Crippen LogP contribution in [0, 0.1) is 13.8 Å². The van der Waals surface area contributed by atoms with Crippen LogP contribution in [0.2, 0.25) is 0 Å². The van der Waals surface area contributed by atoms with Crippen molar-refractivity contribution in [3.8, 4) is 11.4 Å². The molecule has 0 fully saturated rings. The number of hydrazone groups is 1. The fourth-order valence-corrected chi connectivity index (χ4v) is 3.90. The van der Waals surface area contributed by atoms with Crippen molar-refractivity contribution in [2.45, 2.75) is 27.2 Å². The summed E-state index contributed by atoms with van der Waals surface area (Å²) in [4.78, 5) is 24.2. The first kappa shape index (κ1) is 24.3. The van der Waals surface area contributed by atoms with Gasteiger partial charge in [-0.05, 0) is 62.7 Å². The smallest absolute Gasteiger partial charge is 0.310 e. The van der Waals surface area contributed by atoms with Gasteiger partial charge in [0.05, 0.1) is 31.9 Å². The first-order valence-electron chi connectivity index (χ1n) is 10.4. The quantitative estimate of drug-likeness (QED) is 0.269. The van der Waals surface area contributed by atoms with Crippen LogP contribution >= 0.6 is 15.9 Å². The summed E-state index contributed by atoms with van der Waals surface area (Å²) in [6.07, 6.45) is 1.87. The molecule has 0 radical (unpaired) electrons. The van der Waals surface area contributed by atoms with Crippen LogP contribution in [0.3, 0.4) is 0 Å². The van der Waals surface area contributed by atoms with E-state index in [4.69, 9.17) is 9.47 Å². The Bertz CT molecular complexity index is 1180. The largest absolute Gasteiger partial charge is 0.496 e. The van der Waals surface area contributed by atoms with Gasteiger partial charge in [-0.3, -0.25) is 9.59 Å². The maximum Gasteiger partial charge on any atom is 0.310 e. The van der Waals surface area contributed by atoms with E-state index in [0.29, 0.717) is 17.9 Å². The Balaban J connectivity index is 1.74. The Hall–Kier alpha value is -3.39. The van der Waals surface area contributed by atoms with Crippen molar-refractivity contribution in [3.05, 3.63) is 81.1 Å². The predicted molar refractivity (Wildman–Crippen MR) is 131 cm³/mol. The number of amides is 1. The van der Waals surface area contributed by atoms with Crippen LogP contribution in [0.4, 0.5) is 0 Å². The molecule has 0 saturated carbocycles. The van der Waals surface area contributed by atoms with Gasteiger partial charge < -0.3 is 14.0 Å². The second-order valence-electron chi connectivity index (χ2n) is 7.35. The number of carbonyl (C=O) groups is 2. The van der Waals surface area contributed by atoms with E-state index in [9.17, 15) is 9.59 Å². The van der Waals surface area contributed by atoms with Crippen LogP contribution in [0.5, 0.6) is 5.75 Å². The van der Waals surface area contributed by atoms with Gasteiger partial charge in [-0.1, -0.05) is 28.1 Å². The van der Waals surface area contributed by atoms with E-state index in [1.165, 1.54) is 7.11 Å². The molecule has 0 unspecified atom stereocenters. The number of aromatic nitrogens is 1. The van der Waals surface area contributed by atoms with E-state index in [1.54, 1.807) is 31.3 Å². The Morgan fingerprint density at radius 3 is 2.52 bits per heavy atom. The molecule has 1 heterocycles. The van der Waals surface area contributed by atoms with Crippen LogP contribution in [-0.2, 0) is 16.0 Å². The molecule has 1 N–H and O–H groups in total. The summed E-state index contributed by atoms with van der Waals surface area (Å²) < 4.78 is 13.1. The summed E-state index contributed by atoms with van der Waals surface area (Å²) in [5.41, 5.74) is 7.69. The van der Waals surface area contributed by atoms with Crippen molar-refractivity contribution in [2.24, 2.45) is 5.10 Å². The highest BCUT2D eigenvalue weighted by atomic mass is 79.9. The van der Waals surface area contributed by atoms with Crippen LogP contribution in [0.25, 0.3) is 5.69 Å². The number of hydrogen-bond donors (Lipinski definition) is 1. The van der Waals surface area contributed by atoms with Gasteiger partial charge in [0.25, 0.3) is 5.91 Å². The average Bonchev–Trinajstić information content (AvgIpc) is 3.07. The molecule has 1 amide bonds. The first-order valence-corrected chi connectivity index (χ1v) is 11.2. The van der Waals surface area contributed by atoms with Gasteiger partial charge in [-0.25, -0.2) is 5.43 Å². The van der Waals surface area contributed by atoms with Gasteiger partial charge in [0, 0.05) is 27.1 Å². The van der Waals surface area contributed by atoms with E-state index in [-0.39, 0.29) is 18.3 Å². The summed E-state index contributed by atoms with van der Waals surface area (Å²) >= 11 is 3.36. The minimum atomic E-state index is -0.365. The molecule has 1 aromatic heterocycles. The lowest BCUT2D eigenvalue weighted by Gasteiger charge is -2.10. The van der Waals surface area contributed by atoms with Crippen LogP contribution in [0.15, 0.2) is 58.1 Å². The summed E-state index contributed by atoms with van der Waals surface area (Å²) in [5.74, 6) is -0.134. The number of rotatable bonds is 8. The van der Waals surface area contributed by atoms with Crippen LogP contribution < -0.4 is 10.2 Å². The standard InChI is InChI=1S/C25H26BrN3O4/c1-5-33-24(30)13-18-6-9-21(10-7-18)29-16(2)12-19(17(29)3)15-27-28-25(31)22-14-20(26)8-11-23(22)32-4/h6-12,14-15H,5,13H2,1-4H3,(H,28,31)/b27-15-. The van der Waals surface area contributed by atoms with Gasteiger partial charge in [-0.2, -0.15) is 5.10 Å². The molecule has 3 aromatic rings. The highest BCUT2D eigenvalue weighted by Crippen LogP contribution is 2.23. The zero-order chi connectivity index (χ0) is 24.0. The molecule has 0 saturated heterocycles. The number of nitrogens with one attached hydrogen (secondary N) is 1. The molecule has 2 aromatic carbocycles. The van der Waals surface area contributed by atoms with Gasteiger partial charge in [0.2, 0.25) is 0 Å². The zero-order valence-electron chi connectivity index (χ0n) is 19.0. The lowest BCUT2D eigenvalue weighted by Crippen LogP contribution is -2.18. The van der Waals surface area contributed by atoms with Gasteiger partial charge in [0.1, 0.15) is 5.75 Å². The number of methoxy groups -OCH3 is 1. The molecule has 3 rings (SSSR count). The molecule has 33 heavy (non-hydrogen) atoms. The maximum absolute atomic E-state index is 12.5. The Labute approximate surface area is 201 Å². The number of halogens is 1. The van der Waals surface area contributed by atoms with Crippen molar-refractivity contribution in [1.82, 2.24) is 9.99 Å². The molecule has 8 heteroatoms. The summed E-state index contributed by atoms with van der Waals surface area (Å²) in [7, 11) is 1.52. The molecular formula is C25H26BrN3O4. The van der Waals surface area contributed by atoms with Gasteiger partial charge in [-0.15, -0.1) is 0 Å². The second kappa shape index (κ2) is 11.0. The summed E-state index contributed by atoms with van der Waals surface area (Å²) in [6.45, 7) is 6.16. The third-order valence-electron chi connectivity index (χ3n) is 5.09. The van der Waals surface area contributed by atoms with Gasteiger partial charge >= 0.3 is 5.97 Å². The SMILES string of the molecule is CCOC(=O)Cc1ccc(-n2c(C)cc(/C=N\NC(=O)c3cc(Br)ccc3OC)c2C)cc1. The fourth-order valence-electron chi connectivity index (χ4n) is 3.54. The lowest BCUT2D eigenvalue weighted by molar-refractivity contribution is -0.142. The summed E-state index contributed by atoms with van der Waals surface area (Å²) in [5, 5.41) is 4.14. The van der Waals surface area contributed by atoms with E-state index in [2.05, 4.69) is 31.0 Å². The Kier molecular flexibility index (Phi) is 8.06. The molecule has 7 nitrogen and oxygen atoms in total. The van der Waals surface area contributed by atoms with Crippen molar-refractivity contribution in [3.63, 3.8) is 0 Å². The normalized spacial score (nSPS) is 10.9. The van der Waals surface area contributed by atoms with E-state index in [1.807, 2.05) is 44.2 Å². The van der Waals surface area contributed by atoms with E-state index >= 15 is 0 Å². The van der Waals surface area contributed by atoms with E-state index < -0.39 is 0 Å². The highest BCUT2D eigenvalue weighted by Gasteiger charge is 2.13. The average molecular weight is 512 g/mol. The van der Waals surface area contributed by atoms with Gasteiger partial charge in [0.15, 0.2) is 0 Å². The third-order valence-corrected chi connectivity index (χ3v) is 5.59. The lowest BCUT2D eigenvalue weighted by atomic mass is 10.1. The number of carbonyl (C=O) groups excluding carboxylic acids is 2. The van der Waals surface area contributed by atoms with Crippen molar-refractivity contribution in [1.29, 1.82) is 0 Å². The Morgan fingerprint density at radius 1 is 1.12 bits per heavy atom. The van der Waals surface area contributed by atoms with Crippen molar-refractivity contribution in [2.75, 3.05) is 13.7 Å². The zero-order valence-corrected chi connectivity index (χ0v) is 20.6. The molecule has 0 aliphatic heterocycles. The molecule has 0 bridgehead atoms. The number of esters is 1. The van der Waals surface area contributed by atoms with Crippen molar-refractivity contribution >= 4 is 34.0 Å². The fraction of sp³-hybridized carbons (Fsp3) is 0.240. The topological polar surface area (TPSA) is 81.9 Å². The number of ether oxygens (including phenoxy) is 2. The maximum atomic E-state index is 12.5. The monoisotopic (exact) mass is 511 g/mol. The minimum Gasteiger partial charge on any atom is -0.496 e. The van der Waals surface area contributed by atoms with Crippen LogP contribution in [0.1, 0.15) is 39.8 Å².